The van der Waals surface area contributed by atoms with Gasteiger partial charge in [0, 0.05) is 17.5 Å². The highest BCUT2D eigenvalue weighted by Gasteiger charge is 2.54. The third-order valence-corrected chi connectivity index (χ3v) is 4.94. The second kappa shape index (κ2) is 6.54. The third-order valence-electron chi connectivity index (χ3n) is 3.33. The van der Waals surface area contributed by atoms with Crippen molar-refractivity contribution in [3.05, 3.63) is 46.4 Å². The lowest BCUT2D eigenvalue weighted by molar-refractivity contribution is -0.143. The maximum atomic E-state index is 12.8. The molecule has 2 rings (SSSR count). The molecule has 7 nitrogen and oxygen atoms in total. The smallest absolute Gasteiger partial charge is 0.308 e. The van der Waals surface area contributed by atoms with Crippen LogP contribution in [0.25, 0.3) is 0 Å². The maximum Gasteiger partial charge on any atom is 0.308 e. The van der Waals surface area contributed by atoms with Crippen molar-refractivity contribution in [1.29, 1.82) is 0 Å². The van der Waals surface area contributed by atoms with Crippen LogP contribution in [0, 0.1) is 0 Å². The van der Waals surface area contributed by atoms with Crippen molar-refractivity contribution in [2.75, 3.05) is 5.75 Å². The molecule has 1 heterocycles. The molecule has 0 aliphatic carbocycles. The summed E-state index contributed by atoms with van der Waals surface area (Å²) in [4.78, 5) is 24.0. The summed E-state index contributed by atoms with van der Waals surface area (Å²) in [6, 6.07) is 5.91. The lowest BCUT2D eigenvalue weighted by Gasteiger charge is -2.28. The number of halogens is 1. The van der Waals surface area contributed by atoms with Crippen LogP contribution in [0.1, 0.15) is 26.3 Å². The van der Waals surface area contributed by atoms with Crippen LogP contribution in [0.5, 0.6) is 0 Å². The van der Waals surface area contributed by atoms with Crippen molar-refractivity contribution in [2.24, 2.45) is 0 Å². The molecule has 24 heavy (non-hydrogen) atoms. The molecule has 1 atom stereocenters. The molecule has 0 saturated carbocycles. The highest BCUT2D eigenvalue weighted by molar-refractivity contribution is 7.89. The minimum Gasteiger partial charge on any atom is -0.460 e. The molecule has 0 amide bonds. The number of hydrogen-bond acceptors (Lipinski definition) is 6. The first-order chi connectivity index (χ1) is 11.1. The van der Waals surface area contributed by atoms with Crippen molar-refractivity contribution in [3.8, 4) is 0 Å². The molecule has 1 aromatic rings. The SMILES string of the molecule is CCS(=O)(=O)NC1(c2ccc(Cl)cc2)OC(C)=C(OC(C)=O)C1=O. The fourth-order valence-electron chi connectivity index (χ4n) is 2.20. The Kier molecular flexibility index (Phi) is 5.03. The van der Waals surface area contributed by atoms with Crippen LogP contribution in [0.15, 0.2) is 35.8 Å². The molecule has 130 valence electrons. The number of Topliss-reactive ketones (excluding diaryl/α,β-unsaturated/α-hetero) is 1. The summed E-state index contributed by atoms with van der Waals surface area (Å²) in [5, 5.41) is 0.405. The molecular weight excluding hydrogens is 358 g/mol. The molecule has 9 heteroatoms. The summed E-state index contributed by atoms with van der Waals surface area (Å²) in [6.45, 7) is 3.96. The topological polar surface area (TPSA) is 98.8 Å². The van der Waals surface area contributed by atoms with Crippen molar-refractivity contribution in [2.45, 2.75) is 26.5 Å². The van der Waals surface area contributed by atoms with Gasteiger partial charge in [0.05, 0.1) is 5.75 Å². The van der Waals surface area contributed by atoms with E-state index in [9.17, 15) is 18.0 Å². The fourth-order valence-corrected chi connectivity index (χ4v) is 3.16. The maximum absolute atomic E-state index is 12.8. The standard InChI is InChI=1S/C15H16ClNO6S/c1-4-24(20,21)17-15(11-5-7-12(16)8-6-11)14(19)13(9(2)23-15)22-10(3)18/h5-8,17H,4H2,1-3H3. The first kappa shape index (κ1) is 18.4. The number of ketones is 1. The van der Waals surface area contributed by atoms with E-state index in [-0.39, 0.29) is 22.8 Å². The van der Waals surface area contributed by atoms with Crippen molar-refractivity contribution >= 4 is 33.4 Å². The van der Waals surface area contributed by atoms with Crippen LogP contribution in [-0.2, 0) is 34.8 Å². The molecule has 0 saturated heterocycles. The number of hydrogen-bond donors (Lipinski definition) is 1. The van der Waals surface area contributed by atoms with E-state index < -0.39 is 27.5 Å². The first-order valence-corrected chi connectivity index (χ1v) is 9.05. The van der Waals surface area contributed by atoms with Gasteiger partial charge in [0.2, 0.25) is 15.8 Å². The van der Waals surface area contributed by atoms with E-state index in [0.717, 1.165) is 6.92 Å². The minimum atomic E-state index is -3.82. The van der Waals surface area contributed by atoms with E-state index in [1.165, 1.54) is 38.1 Å². The quantitative estimate of drug-likeness (QED) is 0.790. The largest absolute Gasteiger partial charge is 0.460 e. The molecule has 1 N–H and O–H groups in total. The lowest BCUT2D eigenvalue weighted by Crippen LogP contribution is -2.51. The number of nitrogens with one attached hydrogen (secondary N) is 1. The van der Waals surface area contributed by atoms with E-state index in [1.54, 1.807) is 0 Å². The van der Waals surface area contributed by atoms with Crippen molar-refractivity contribution in [3.63, 3.8) is 0 Å². The molecule has 0 spiro atoms. The monoisotopic (exact) mass is 373 g/mol. The summed E-state index contributed by atoms with van der Waals surface area (Å²) in [5.74, 6) is -2.12. The summed E-state index contributed by atoms with van der Waals surface area (Å²) >= 11 is 5.84. The Labute approximate surface area is 144 Å². The minimum absolute atomic E-state index is 0.00366. The van der Waals surface area contributed by atoms with Gasteiger partial charge in [-0.3, -0.25) is 9.59 Å². The average Bonchev–Trinajstić information content (AvgIpc) is 2.72. The molecule has 1 aromatic carbocycles. The highest BCUT2D eigenvalue weighted by Crippen LogP contribution is 2.38. The molecule has 1 unspecified atom stereocenters. The summed E-state index contributed by atoms with van der Waals surface area (Å²) in [7, 11) is -3.82. The van der Waals surface area contributed by atoms with Crippen molar-refractivity contribution < 1.29 is 27.5 Å². The molecule has 0 bridgehead atoms. The van der Waals surface area contributed by atoms with E-state index in [2.05, 4.69) is 4.72 Å². The molecular formula is C15H16ClNO6S. The van der Waals surface area contributed by atoms with Gasteiger partial charge in [-0.15, -0.1) is 0 Å². The normalized spacial score (nSPS) is 20.9. The van der Waals surface area contributed by atoms with Gasteiger partial charge in [-0.2, -0.15) is 4.72 Å². The molecule has 1 aliphatic heterocycles. The Hall–Kier alpha value is -1.90. The Balaban J connectivity index is 2.56. The van der Waals surface area contributed by atoms with Crippen LogP contribution in [0.3, 0.4) is 0 Å². The summed E-state index contributed by atoms with van der Waals surface area (Å²) in [6.07, 6.45) is 0. The van der Waals surface area contributed by atoms with E-state index in [4.69, 9.17) is 21.1 Å². The number of allylic oxidation sites excluding steroid dienone is 1. The number of sulfonamides is 1. The number of benzene rings is 1. The Bertz CT molecular complexity index is 815. The van der Waals surface area contributed by atoms with Gasteiger partial charge in [0.1, 0.15) is 5.76 Å². The molecule has 0 radical (unpaired) electrons. The van der Waals surface area contributed by atoms with E-state index in [0.29, 0.717) is 5.02 Å². The third kappa shape index (κ3) is 3.45. The zero-order valence-corrected chi connectivity index (χ0v) is 14.8. The Morgan fingerprint density at radius 3 is 2.42 bits per heavy atom. The fraction of sp³-hybridized carbons (Fsp3) is 0.333. The molecule has 1 aliphatic rings. The van der Waals surface area contributed by atoms with Crippen LogP contribution >= 0.6 is 11.6 Å². The van der Waals surface area contributed by atoms with Crippen LogP contribution in [0.4, 0.5) is 0 Å². The zero-order valence-electron chi connectivity index (χ0n) is 13.3. The van der Waals surface area contributed by atoms with Gasteiger partial charge in [0.15, 0.2) is 0 Å². The number of rotatable bonds is 5. The number of esters is 1. The molecule has 0 aromatic heterocycles. The average molecular weight is 374 g/mol. The van der Waals surface area contributed by atoms with Crippen LogP contribution in [0.2, 0.25) is 5.02 Å². The highest BCUT2D eigenvalue weighted by atomic mass is 35.5. The molecule has 0 fully saturated rings. The first-order valence-electron chi connectivity index (χ1n) is 7.02. The summed E-state index contributed by atoms with van der Waals surface area (Å²) in [5.41, 5.74) is -1.82. The van der Waals surface area contributed by atoms with Crippen LogP contribution in [-0.4, -0.2) is 25.9 Å². The summed E-state index contributed by atoms with van der Waals surface area (Å²) < 4.78 is 36.9. The van der Waals surface area contributed by atoms with Gasteiger partial charge >= 0.3 is 5.97 Å². The lowest BCUT2D eigenvalue weighted by atomic mass is 9.99. The zero-order chi connectivity index (χ0) is 18.1. The van der Waals surface area contributed by atoms with Crippen LogP contribution < -0.4 is 4.72 Å². The van der Waals surface area contributed by atoms with Gasteiger partial charge in [-0.1, -0.05) is 23.7 Å². The van der Waals surface area contributed by atoms with Crippen molar-refractivity contribution in [1.82, 2.24) is 4.72 Å². The van der Waals surface area contributed by atoms with Gasteiger partial charge in [0.25, 0.3) is 11.5 Å². The second-order valence-corrected chi connectivity index (χ2v) is 7.55. The Morgan fingerprint density at radius 2 is 1.92 bits per heavy atom. The number of carbonyl (C=O) groups is 2. The predicted molar refractivity (Wildman–Crippen MR) is 86.3 cm³/mol. The second-order valence-electron chi connectivity index (χ2n) is 5.10. The number of ether oxygens (including phenoxy) is 2. The van der Waals surface area contributed by atoms with Gasteiger partial charge in [-0.25, -0.2) is 8.42 Å². The van der Waals surface area contributed by atoms with Gasteiger partial charge < -0.3 is 9.47 Å². The number of carbonyl (C=O) groups excluding carboxylic acids is 2. The van der Waals surface area contributed by atoms with E-state index >= 15 is 0 Å². The van der Waals surface area contributed by atoms with Gasteiger partial charge in [-0.05, 0) is 26.0 Å². The Morgan fingerprint density at radius 1 is 1.33 bits per heavy atom. The van der Waals surface area contributed by atoms with E-state index in [1.807, 2.05) is 0 Å². The predicted octanol–water partition coefficient (Wildman–Crippen LogP) is 1.83.